The Morgan fingerprint density at radius 1 is 1.67 bits per heavy atom. The fraction of sp³-hybridized carbons (Fsp3) is 0.667. The Balaban J connectivity index is 3.31. The van der Waals surface area contributed by atoms with Gasteiger partial charge in [0.1, 0.15) is 6.04 Å². The minimum Gasteiger partial charge on any atom is -0.480 e. The Morgan fingerprint density at radius 2 is 2.25 bits per heavy atom. The van der Waals surface area contributed by atoms with E-state index in [-0.39, 0.29) is 12.4 Å². The van der Waals surface area contributed by atoms with Gasteiger partial charge in [-0.1, -0.05) is 0 Å². The number of nitrogens with one attached hydrogen (secondary N) is 3. The zero-order chi connectivity index (χ0) is 9.56. The Morgan fingerprint density at radius 3 is 2.67 bits per heavy atom. The number of nitrogens with two attached hydrogens (primary N) is 1. The summed E-state index contributed by atoms with van der Waals surface area (Å²) < 4.78 is 0. The standard InChI is InChI=1S/C6H13N4O2/c7-4(5(11)12)2-1-3-10-6(8)9/h4,7H,1-3H2,(H,11,12)(H4,8,9,10)/t4-/m0/s1. The molecule has 0 aliphatic heterocycles. The normalized spacial score (nSPS) is 12.1. The van der Waals surface area contributed by atoms with Gasteiger partial charge in [0.15, 0.2) is 5.96 Å². The van der Waals surface area contributed by atoms with Crippen LogP contribution in [0.4, 0.5) is 0 Å². The molecule has 1 radical (unpaired) electrons. The monoisotopic (exact) mass is 173 g/mol. The van der Waals surface area contributed by atoms with Crippen LogP contribution in [-0.2, 0) is 4.79 Å². The molecule has 0 saturated heterocycles. The van der Waals surface area contributed by atoms with Gasteiger partial charge in [-0.2, -0.15) is 0 Å². The van der Waals surface area contributed by atoms with Gasteiger partial charge >= 0.3 is 5.97 Å². The average molecular weight is 173 g/mol. The first-order valence-corrected chi connectivity index (χ1v) is 3.56. The molecule has 0 bridgehead atoms. The number of aliphatic carboxylic acids is 1. The average Bonchev–Trinajstić information content (AvgIpc) is 1.97. The highest BCUT2D eigenvalue weighted by molar-refractivity contribution is 5.74. The summed E-state index contributed by atoms with van der Waals surface area (Å²) in [4.78, 5) is 10.2. The minimum atomic E-state index is -1.11. The lowest BCUT2D eigenvalue weighted by atomic mass is 10.2. The summed E-state index contributed by atoms with van der Waals surface area (Å²) in [5.41, 5.74) is 12.0. The lowest BCUT2D eigenvalue weighted by molar-refractivity contribution is -0.138. The van der Waals surface area contributed by atoms with E-state index in [2.05, 4.69) is 5.32 Å². The molecule has 1 atom stereocenters. The third-order valence-corrected chi connectivity index (χ3v) is 1.28. The molecule has 6 heteroatoms. The summed E-state index contributed by atoms with van der Waals surface area (Å²) in [6, 6.07) is -1.07. The third-order valence-electron chi connectivity index (χ3n) is 1.28. The van der Waals surface area contributed by atoms with Crippen LogP contribution in [0.1, 0.15) is 12.8 Å². The van der Waals surface area contributed by atoms with Crippen molar-refractivity contribution in [2.24, 2.45) is 5.73 Å². The zero-order valence-corrected chi connectivity index (χ0v) is 6.63. The number of carboxylic acid groups (broad SMARTS) is 1. The molecule has 0 aliphatic carbocycles. The van der Waals surface area contributed by atoms with Crippen LogP contribution in [0.3, 0.4) is 0 Å². The molecule has 0 spiro atoms. The van der Waals surface area contributed by atoms with Crippen molar-refractivity contribution in [3.63, 3.8) is 0 Å². The Labute approximate surface area is 70.4 Å². The first-order valence-electron chi connectivity index (χ1n) is 3.56. The van der Waals surface area contributed by atoms with E-state index in [4.69, 9.17) is 22.0 Å². The van der Waals surface area contributed by atoms with E-state index in [1.54, 1.807) is 0 Å². The summed E-state index contributed by atoms with van der Waals surface area (Å²) in [7, 11) is 0. The van der Waals surface area contributed by atoms with Gasteiger partial charge in [-0.3, -0.25) is 10.2 Å². The molecule has 6 N–H and O–H groups in total. The van der Waals surface area contributed by atoms with Crippen LogP contribution >= 0.6 is 0 Å². The number of hydrogen-bond acceptors (Lipinski definition) is 2. The first kappa shape index (κ1) is 10.7. The largest absolute Gasteiger partial charge is 0.480 e. The number of hydrogen-bond donors (Lipinski definition) is 4. The molecular formula is C6H13N4O2. The third kappa shape index (κ3) is 5.48. The summed E-state index contributed by atoms with van der Waals surface area (Å²) in [6.07, 6.45) is 0.801. The van der Waals surface area contributed by atoms with Crippen LogP contribution in [0.15, 0.2) is 0 Å². The van der Waals surface area contributed by atoms with Crippen LogP contribution in [-0.4, -0.2) is 29.6 Å². The second-order valence-electron chi connectivity index (χ2n) is 2.37. The summed E-state index contributed by atoms with van der Waals surface area (Å²) in [5.74, 6) is -1.25. The van der Waals surface area contributed by atoms with Crippen molar-refractivity contribution in [3.05, 3.63) is 0 Å². The van der Waals surface area contributed by atoms with Gasteiger partial charge in [-0.25, -0.2) is 5.73 Å². The van der Waals surface area contributed by atoms with Crippen LogP contribution in [0.25, 0.3) is 0 Å². The molecule has 0 aromatic carbocycles. The van der Waals surface area contributed by atoms with Crippen LogP contribution in [0.5, 0.6) is 0 Å². The molecule has 6 nitrogen and oxygen atoms in total. The second-order valence-corrected chi connectivity index (χ2v) is 2.37. The highest BCUT2D eigenvalue weighted by Crippen LogP contribution is 1.94. The van der Waals surface area contributed by atoms with E-state index >= 15 is 0 Å². The highest BCUT2D eigenvalue weighted by atomic mass is 16.4. The molecule has 0 aromatic rings. The maximum Gasteiger partial charge on any atom is 0.322 e. The molecule has 0 saturated carbocycles. The van der Waals surface area contributed by atoms with Crippen molar-refractivity contribution in [2.45, 2.75) is 18.9 Å². The zero-order valence-electron chi connectivity index (χ0n) is 6.63. The van der Waals surface area contributed by atoms with Gasteiger partial charge in [-0.05, 0) is 12.8 Å². The fourth-order valence-corrected chi connectivity index (χ4v) is 0.653. The van der Waals surface area contributed by atoms with Crippen LogP contribution in [0, 0.1) is 5.41 Å². The van der Waals surface area contributed by atoms with E-state index in [1.165, 1.54) is 0 Å². The number of guanidine groups is 1. The summed E-state index contributed by atoms with van der Waals surface area (Å²) in [5, 5.41) is 17.6. The van der Waals surface area contributed by atoms with Crippen LogP contribution < -0.4 is 16.8 Å². The van der Waals surface area contributed by atoms with Gasteiger partial charge in [0.25, 0.3) is 0 Å². The highest BCUT2D eigenvalue weighted by Gasteiger charge is 2.10. The summed E-state index contributed by atoms with van der Waals surface area (Å²) in [6.45, 7) is 0.442. The molecule has 0 aromatic heterocycles. The van der Waals surface area contributed by atoms with Gasteiger partial charge in [0, 0.05) is 6.54 Å². The number of carbonyl (C=O) groups is 1. The topological polar surface area (TPSA) is 123 Å². The maximum absolute atomic E-state index is 10.2. The maximum atomic E-state index is 10.2. The number of rotatable bonds is 5. The minimum absolute atomic E-state index is 0.133. The second kappa shape index (κ2) is 5.36. The van der Waals surface area contributed by atoms with Crippen LogP contribution in [0.2, 0.25) is 0 Å². The first-order chi connectivity index (χ1) is 5.54. The van der Waals surface area contributed by atoms with E-state index in [0.29, 0.717) is 13.0 Å². The van der Waals surface area contributed by atoms with E-state index in [0.717, 1.165) is 0 Å². The Hall–Kier alpha value is -1.30. The van der Waals surface area contributed by atoms with Crippen molar-refractivity contribution in [1.82, 2.24) is 11.1 Å². The van der Waals surface area contributed by atoms with E-state index in [1.807, 2.05) is 0 Å². The molecule has 0 heterocycles. The van der Waals surface area contributed by atoms with Gasteiger partial charge in [0.2, 0.25) is 0 Å². The fourth-order valence-electron chi connectivity index (χ4n) is 0.653. The lowest BCUT2D eigenvalue weighted by Crippen LogP contribution is -2.32. The van der Waals surface area contributed by atoms with Crippen molar-refractivity contribution in [3.8, 4) is 0 Å². The Bertz CT molecular complexity index is 171. The Kier molecular flexibility index (Phi) is 4.78. The van der Waals surface area contributed by atoms with Crippen molar-refractivity contribution in [2.75, 3.05) is 6.54 Å². The molecule has 0 amide bonds. The molecule has 0 fully saturated rings. The van der Waals surface area contributed by atoms with E-state index in [9.17, 15) is 4.79 Å². The van der Waals surface area contributed by atoms with Crippen molar-refractivity contribution in [1.29, 1.82) is 5.41 Å². The summed E-state index contributed by atoms with van der Waals surface area (Å²) >= 11 is 0. The van der Waals surface area contributed by atoms with Crippen molar-refractivity contribution >= 4 is 11.9 Å². The lowest BCUT2D eigenvalue weighted by Gasteiger charge is -2.05. The van der Waals surface area contributed by atoms with Gasteiger partial charge in [0.05, 0.1) is 0 Å². The molecule has 69 valence electrons. The molecule has 0 unspecified atom stereocenters. The van der Waals surface area contributed by atoms with Crippen molar-refractivity contribution < 1.29 is 9.90 Å². The molecule has 12 heavy (non-hydrogen) atoms. The number of carboxylic acids is 1. The van der Waals surface area contributed by atoms with E-state index < -0.39 is 12.0 Å². The van der Waals surface area contributed by atoms with Gasteiger partial charge in [-0.15, -0.1) is 0 Å². The van der Waals surface area contributed by atoms with Gasteiger partial charge < -0.3 is 16.2 Å². The molecular weight excluding hydrogens is 160 g/mol. The smallest absolute Gasteiger partial charge is 0.322 e. The quantitative estimate of drug-likeness (QED) is 0.241. The predicted octanol–water partition coefficient (Wildman–Crippen LogP) is -1.01. The molecule has 0 aliphatic rings. The SMILES string of the molecule is [NH][C@@H](CCCNC(=N)N)C(=O)O. The molecule has 0 rings (SSSR count). The predicted molar refractivity (Wildman–Crippen MR) is 43.7 cm³/mol.